The highest BCUT2D eigenvalue weighted by atomic mass is 32.2. The second-order valence-corrected chi connectivity index (χ2v) is 9.94. The molecule has 2 saturated heterocycles. The van der Waals surface area contributed by atoms with Gasteiger partial charge in [-0.25, -0.2) is 8.42 Å². The van der Waals surface area contributed by atoms with E-state index in [9.17, 15) is 18.0 Å². The van der Waals surface area contributed by atoms with Crippen molar-refractivity contribution in [1.82, 2.24) is 15.0 Å². The molecule has 2 amide bonds. The molecule has 3 fully saturated rings. The summed E-state index contributed by atoms with van der Waals surface area (Å²) < 4.78 is 29.7. The minimum atomic E-state index is -3.30. The van der Waals surface area contributed by atoms with E-state index < -0.39 is 21.9 Å². The molecule has 3 heterocycles. The van der Waals surface area contributed by atoms with Crippen molar-refractivity contribution in [2.24, 2.45) is 5.92 Å². The molecular formula is C17H23N3O5S. The number of nitrogens with zero attached hydrogens (tertiary/aromatic N) is 3. The van der Waals surface area contributed by atoms with Crippen LogP contribution in [0.15, 0.2) is 10.6 Å². The molecule has 0 spiro atoms. The fraction of sp³-hybridized carbons (Fsp3) is 0.706. The van der Waals surface area contributed by atoms with Crippen LogP contribution in [-0.2, 0) is 14.6 Å². The number of aromatic nitrogens is 1. The van der Waals surface area contributed by atoms with Gasteiger partial charge in [-0.1, -0.05) is 19.0 Å². The van der Waals surface area contributed by atoms with Gasteiger partial charge in [0, 0.05) is 31.0 Å². The summed E-state index contributed by atoms with van der Waals surface area (Å²) >= 11 is 0. The average Bonchev–Trinajstić information content (AvgIpc) is 3.21. The second kappa shape index (κ2) is 6.07. The third-order valence-corrected chi connectivity index (χ3v) is 7.15. The Kier molecular flexibility index (Phi) is 4.09. The van der Waals surface area contributed by atoms with Crippen LogP contribution in [-0.4, -0.2) is 71.9 Å². The maximum atomic E-state index is 12.9. The zero-order valence-corrected chi connectivity index (χ0v) is 15.7. The second-order valence-electron chi connectivity index (χ2n) is 7.79. The molecule has 9 heteroatoms. The number of carbonyl (C=O) groups excluding carboxylic acids is 2. The summed E-state index contributed by atoms with van der Waals surface area (Å²) in [5, 5.41) is 3.97. The van der Waals surface area contributed by atoms with Gasteiger partial charge in [-0.3, -0.25) is 9.59 Å². The van der Waals surface area contributed by atoms with Crippen molar-refractivity contribution in [3.8, 4) is 0 Å². The maximum Gasteiger partial charge on any atom is 0.292 e. The number of carbonyl (C=O) groups is 2. The van der Waals surface area contributed by atoms with Gasteiger partial charge in [0.15, 0.2) is 9.84 Å². The highest BCUT2D eigenvalue weighted by Crippen LogP contribution is 2.39. The molecule has 142 valence electrons. The van der Waals surface area contributed by atoms with Crippen molar-refractivity contribution in [3.05, 3.63) is 17.5 Å². The molecule has 1 aliphatic carbocycles. The van der Waals surface area contributed by atoms with E-state index in [-0.39, 0.29) is 35.0 Å². The molecule has 2 aliphatic heterocycles. The van der Waals surface area contributed by atoms with E-state index in [2.05, 4.69) is 5.16 Å². The lowest BCUT2D eigenvalue weighted by molar-refractivity contribution is -0.139. The molecule has 3 aliphatic rings. The van der Waals surface area contributed by atoms with Crippen LogP contribution in [0.1, 0.15) is 48.9 Å². The lowest BCUT2D eigenvalue weighted by Crippen LogP contribution is -2.62. The molecule has 0 bridgehead atoms. The van der Waals surface area contributed by atoms with Crippen molar-refractivity contribution in [1.29, 1.82) is 0 Å². The third kappa shape index (κ3) is 3.02. The van der Waals surface area contributed by atoms with Crippen LogP contribution in [0.2, 0.25) is 0 Å². The number of hydrogen-bond acceptors (Lipinski definition) is 6. The molecule has 1 saturated carbocycles. The van der Waals surface area contributed by atoms with Crippen LogP contribution in [0.25, 0.3) is 0 Å². The molecule has 0 N–H and O–H groups in total. The SMILES string of the molecule is CC(C)C(=O)N1CCN(C(=O)c2cc(C3CC3)no2)[C@H]2CS(=O)(=O)C[C@H]21. The lowest BCUT2D eigenvalue weighted by Gasteiger charge is -2.44. The van der Waals surface area contributed by atoms with E-state index in [1.807, 2.05) is 0 Å². The Balaban J connectivity index is 1.59. The standard InChI is InChI=1S/C17H23N3O5S/c1-10(2)16(21)19-5-6-20(14-9-26(23,24)8-13(14)19)17(22)15-7-12(18-25-15)11-3-4-11/h7,10-11,13-14H,3-6,8-9H2,1-2H3/t13-,14+/m1/s1. The molecule has 1 aromatic heterocycles. The number of hydrogen-bond donors (Lipinski definition) is 0. The largest absolute Gasteiger partial charge is 0.351 e. The molecule has 0 aromatic carbocycles. The van der Waals surface area contributed by atoms with E-state index in [4.69, 9.17) is 4.52 Å². The van der Waals surface area contributed by atoms with Crippen LogP contribution in [0.4, 0.5) is 0 Å². The van der Waals surface area contributed by atoms with Crippen LogP contribution < -0.4 is 0 Å². The molecule has 0 radical (unpaired) electrons. The minimum Gasteiger partial charge on any atom is -0.351 e. The van der Waals surface area contributed by atoms with Gasteiger partial charge in [0.05, 0.1) is 29.3 Å². The van der Waals surface area contributed by atoms with Crippen LogP contribution in [0, 0.1) is 5.92 Å². The molecule has 2 atom stereocenters. The lowest BCUT2D eigenvalue weighted by atomic mass is 10.0. The summed E-state index contributed by atoms with van der Waals surface area (Å²) in [6, 6.07) is 0.654. The van der Waals surface area contributed by atoms with Gasteiger partial charge in [0.1, 0.15) is 0 Å². The van der Waals surface area contributed by atoms with E-state index in [0.717, 1.165) is 18.5 Å². The summed E-state index contributed by atoms with van der Waals surface area (Å²) in [6.45, 7) is 4.23. The van der Waals surface area contributed by atoms with Crippen molar-refractivity contribution in [3.63, 3.8) is 0 Å². The molecule has 4 rings (SSSR count). The van der Waals surface area contributed by atoms with E-state index in [1.165, 1.54) is 0 Å². The summed E-state index contributed by atoms with van der Waals surface area (Å²) in [5.74, 6) is -0.304. The predicted octanol–water partition coefficient (Wildman–Crippen LogP) is 0.658. The summed E-state index contributed by atoms with van der Waals surface area (Å²) in [4.78, 5) is 28.6. The molecule has 26 heavy (non-hydrogen) atoms. The zero-order valence-electron chi connectivity index (χ0n) is 14.9. The maximum absolute atomic E-state index is 12.9. The van der Waals surface area contributed by atoms with Gasteiger partial charge in [0.2, 0.25) is 11.7 Å². The minimum absolute atomic E-state index is 0.0696. The normalized spacial score (nSPS) is 27.7. The van der Waals surface area contributed by atoms with E-state index in [0.29, 0.717) is 19.0 Å². The van der Waals surface area contributed by atoms with Crippen molar-refractivity contribution in [2.75, 3.05) is 24.6 Å². The number of sulfone groups is 1. The van der Waals surface area contributed by atoms with Crippen molar-refractivity contribution >= 4 is 21.7 Å². The number of piperazine rings is 1. The Labute approximate surface area is 152 Å². The first-order valence-corrected chi connectivity index (χ1v) is 10.9. The quantitative estimate of drug-likeness (QED) is 0.762. The number of amides is 2. The topological polar surface area (TPSA) is 101 Å². The fourth-order valence-electron chi connectivity index (χ4n) is 3.91. The highest BCUT2D eigenvalue weighted by molar-refractivity contribution is 7.91. The van der Waals surface area contributed by atoms with Gasteiger partial charge in [-0.15, -0.1) is 0 Å². The molecule has 0 unspecified atom stereocenters. The Hall–Kier alpha value is -1.90. The smallest absolute Gasteiger partial charge is 0.292 e. The first-order valence-electron chi connectivity index (χ1n) is 9.05. The highest BCUT2D eigenvalue weighted by Gasteiger charge is 2.50. The summed E-state index contributed by atoms with van der Waals surface area (Å²) in [7, 11) is -3.30. The summed E-state index contributed by atoms with van der Waals surface area (Å²) in [5.41, 5.74) is 0.789. The van der Waals surface area contributed by atoms with Crippen molar-refractivity contribution < 1.29 is 22.5 Å². The number of rotatable bonds is 3. The average molecular weight is 381 g/mol. The molecule has 8 nitrogen and oxygen atoms in total. The van der Waals surface area contributed by atoms with Gasteiger partial charge < -0.3 is 14.3 Å². The monoisotopic (exact) mass is 381 g/mol. The van der Waals surface area contributed by atoms with Crippen molar-refractivity contribution in [2.45, 2.75) is 44.7 Å². The van der Waals surface area contributed by atoms with Gasteiger partial charge >= 0.3 is 0 Å². The molecular weight excluding hydrogens is 358 g/mol. The Morgan fingerprint density at radius 1 is 1.15 bits per heavy atom. The first kappa shape index (κ1) is 17.5. The number of fused-ring (bicyclic) bond motifs is 1. The fourth-order valence-corrected chi connectivity index (χ4v) is 5.89. The summed E-state index contributed by atoms with van der Waals surface area (Å²) in [6.07, 6.45) is 2.11. The Morgan fingerprint density at radius 3 is 2.38 bits per heavy atom. The van der Waals surface area contributed by atoms with Crippen LogP contribution >= 0.6 is 0 Å². The van der Waals surface area contributed by atoms with E-state index >= 15 is 0 Å². The Morgan fingerprint density at radius 2 is 1.77 bits per heavy atom. The predicted molar refractivity (Wildman–Crippen MR) is 92.3 cm³/mol. The zero-order chi connectivity index (χ0) is 18.6. The first-order chi connectivity index (χ1) is 12.3. The third-order valence-electron chi connectivity index (χ3n) is 5.45. The van der Waals surface area contributed by atoms with Gasteiger partial charge in [-0.2, -0.15) is 0 Å². The van der Waals surface area contributed by atoms with Crippen LogP contribution in [0.3, 0.4) is 0 Å². The van der Waals surface area contributed by atoms with Gasteiger partial charge in [0.25, 0.3) is 5.91 Å². The van der Waals surface area contributed by atoms with Crippen LogP contribution in [0.5, 0.6) is 0 Å². The Bertz CT molecular complexity index is 842. The molecule has 1 aromatic rings. The van der Waals surface area contributed by atoms with E-state index in [1.54, 1.807) is 29.7 Å². The van der Waals surface area contributed by atoms with Gasteiger partial charge in [-0.05, 0) is 12.8 Å².